The molecule has 2 heteroatoms. The van der Waals surface area contributed by atoms with Crippen LogP contribution in [0.2, 0.25) is 0 Å². The molecule has 0 N–H and O–H groups in total. The van der Waals surface area contributed by atoms with Gasteiger partial charge in [-0.15, -0.1) is 0 Å². The van der Waals surface area contributed by atoms with Crippen molar-refractivity contribution in [3.8, 4) is 5.69 Å². The lowest BCUT2D eigenvalue weighted by molar-refractivity contribution is 0.752. The number of fused-ring (bicyclic) bond motifs is 3. The molecule has 0 radical (unpaired) electrons. The van der Waals surface area contributed by atoms with Crippen molar-refractivity contribution in [1.82, 2.24) is 4.57 Å². The van der Waals surface area contributed by atoms with Gasteiger partial charge in [0.05, 0.1) is 33.2 Å². The summed E-state index contributed by atoms with van der Waals surface area (Å²) >= 11 is 0. The van der Waals surface area contributed by atoms with E-state index in [0.717, 1.165) is 48.9 Å². The molecular weight excluding hydrogens is 643 g/mol. The third kappa shape index (κ3) is 3.93. The molecule has 0 saturated heterocycles. The number of nitrogens with zero attached hydrogens (tertiary/aromatic N) is 1. The van der Waals surface area contributed by atoms with Gasteiger partial charge in [0.15, 0.2) is 8.07 Å². The summed E-state index contributed by atoms with van der Waals surface area (Å²) in [5, 5.41) is 2.91. The number of para-hydroxylation sites is 2. The lowest BCUT2D eigenvalue weighted by Gasteiger charge is -2.46. The maximum absolute atomic E-state index is 9.65. The van der Waals surface area contributed by atoms with E-state index in [4.69, 9.17) is 11.0 Å². The van der Waals surface area contributed by atoms with E-state index in [1.165, 1.54) is 6.07 Å². The molecule has 0 saturated carbocycles. The summed E-state index contributed by atoms with van der Waals surface area (Å²) in [6, 6.07) is 37.0. The Morgan fingerprint density at radius 3 is 1.56 bits per heavy atom. The minimum absolute atomic E-state index is 0.0000604. The smallest absolute Gasteiger partial charge is 0.179 e. The van der Waals surface area contributed by atoms with Gasteiger partial charge in [-0.05, 0) is 72.3 Å². The van der Waals surface area contributed by atoms with Crippen LogP contribution in [0.25, 0.3) is 27.5 Å². The van der Waals surface area contributed by atoms with Crippen molar-refractivity contribution >= 4 is 50.6 Å². The van der Waals surface area contributed by atoms with Crippen LogP contribution < -0.4 is 20.7 Å². The molecule has 8 aromatic carbocycles. The SMILES string of the molecule is [2H]c1cc([2H])c([2H])c([Si](c2ccccc2)(c2ccccc2)c2cccc3c2C2c4ccccc4C3c3cccc(-n4c5c([2H])c([2H])c([2H])c([2H])c5c5c([2H])c([2H])c([2H])c([2H])c54)c32)c1[2H]. The molecular formula is C50H35NSi. The Labute approximate surface area is 322 Å². The summed E-state index contributed by atoms with van der Waals surface area (Å²) in [4.78, 5) is 0. The summed E-state index contributed by atoms with van der Waals surface area (Å²) in [5.74, 6) is -0.935. The lowest BCUT2D eigenvalue weighted by Crippen LogP contribution is -2.75. The van der Waals surface area contributed by atoms with Gasteiger partial charge in [-0.3, -0.25) is 0 Å². The lowest BCUT2D eigenvalue weighted by atomic mass is 9.60. The largest absolute Gasteiger partial charge is 0.309 e. The second-order valence-electron chi connectivity index (χ2n) is 13.4. The molecule has 1 heterocycles. The number of hydrogen-bond donors (Lipinski definition) is 0. The fourth-order valence-electron chi connectivity index (χ4n) is 9.22. The van der Waals surface area contributed by atoms with Gasteiger partial charge in [0.1, 0.15) is 0 Å². The predicted octanol–water partition coefficient (Wildman–Crippen LogP) is 9.15. The molecule has 0 spiro atoms. The average Bonchev–Trinajstić information content (AvgIpc) is 3.68. The summed E-state index contributed by atoms with van der Waals surface area (Å²) in [7, 11) is -3.87. The number of aromatic nitrogens is 1. The number of benzene rings is 8. The van der Waals surface area contributed by atoms with E-state index in [2.05, 4.69) is 30.3 Å². The Morgan fingerprint density at radius 1 is 0.404 bits per heavy atom. The summed E-state index contributed by atoms with van der Waals surface area (Å²) in [6.45, 7) is 0. The molecule has 9 aromatic rings. The van der Waals surface area contributed by atoms with Crippen LogP contribution in [0, 0.1) is 0 Å². The molecule has 1 nitrogen and oxygen atoms in total. The molecule has 3 aliphatic rings. The zero-order chi connectivity index (χ0) is 44.7. The van der Waals surface area contributed by atoms with E-state index >= 15 is 0 Å². The predicted molar refractivity (Wildman–Crippen MR) is 219 cm³/mol. The quantitative estimate of drug-likeness (QED) is 0.126. The number of rotatable bonds is 5. The Hall–Kier alpha value is -6.22. The maximum atomic E-state index is 9.65. The molecule has 1 aromatic heterocycles. The molecule has 2 unspecified atom stereocenters. The summed E-state index contributed by atoms with van der Waals surface area (Å²) < 4.78 is 111. The second-order valence-corrected chi connectivity index (χ2v) is 17.1. The highest BCUT2D eigenvalue weighted by Crippen LogP contribution is 2.57. The number of hydrogen-bond acceptors (Lipinski definition) is 0. The summed E-state index contributed by atoms with van der Waals surface area (Å²) in [6.07, 6.45) is 0. The minimum atomic E-state index is -3.87. The van der Waals surface area contributed by atoms with Crippen LogP contribution in [0.5, 0.6) is 0 Å². The van der Waals surface area contributed by atoms with Gasteiger partial charge in [-0.2, -0.15) is 0 Å². The van der Waals surface area contributed by atoms with E-state index in [0.29, 0.717) is 10.9 Å². The van der Waals surface area contributed by atoms with Crippen LogP contribution in [0.1, 0.15) is 61.7 Å². The van der Waals surface area contributed by atoms with E-state index in [9.17, 15) is 5.48 Å². The standard InChI is InChI=1S/C50H35NSi/c1-4-18-34(19-5-1)52(35-20-6-2-7-21-35,36-22-8-3-9-23-36)46-33-17-29-42-47-39-26-10-11-27-40(39)50(49(42)46)48-41(47)28-16-32-45(48)51-43-30-14-12-24-37(43)38-25-13-15-31-44(38)51/h1-33,47,50H/i4D,5D,12D,13D,14D,15D,18D,19D,24D,25D,30D,31D. The van der Waals surface area contributed by atoms with Crippen molar-refractivity contribution in [3.63, 3.8) is 0 Å². The first-order valence-corrected chi connectivity index (χ1v) is 19.4. The van der Waals surface area contributed by atoms with Crippen molar-refractivity contribution < 1.29 is 16.4 Å². The maximum Gasteiger partial charge on any atom is 0.179 e. The van der Waals surface area contributed by atoms with Gasteiger partial charge in [0.25, 0.3) is 0 Å². The molecule has 2 atom stereocenters. The molecule has 3 aliphatic carbocycles. The Bertz CT molecular complexity index is 3350. The van der Waals surface area contributed by atoms with Gasteiger partial charge < -0.3 is 4.57 Å². The molecule has 2 bridgehead atoms. The van der Waals surface area contributed by atoms with Crippen molar-refractivity contribution in [2.45, 2.75) is 11.8 Å². The minimum Gasteiger partial charge on any atom is -0.309 e. The van der Waals surface area contributed by atoms with E-state index in [1.807, 2.05) is 91.0 Å². The van der Waals surface area contributed by atoms with Crippen molar-refractivity contribution in [2.24, 2.45) is 0 Å². The Balaban J connectivity index is 1.34. The van der Waals surface area contributed by atoms with Crippen LogP contribution >= 0.6 is 0 Å². The highest BCUT2D eigenvalue weighted by atomic mass is 28.3. The van der Waals surface area contributed by atoms with E-state index in [1.54, 1.807) is 4.57 Å². The first-order chi connectivity index (χ1) is 30.8. The van der Waals surface area contributed by atoms with Gasteiger partial charge in [0.2, 0.25) is 0 Å². The fourth-order valence-corrected chi connectivity index (χ4v) is 14.0. The van der Waals surface area contributed by atoms with E-state index in [-0.39, 0.29) is 64.0 Å². The average molecular weight is 690 g/mol. The van der Waals surface area contributed by atoms with Gasteiger partial charge >= 0.3 is 0 Å². The third-order valence-electron chi connectivity index (χ3n) is 11.1. The fraction of sp³-hybridized carbons (Fsp3) is 0.0400. The van der Waals surface area contributed by atoms with Crippen LogP contribution in [0.15, 0.2) is 200 Å². The summed E-state index contributed by atoms with van der Waals surface area (Å²) in [5.41, 5.74) is 6.28. The molecule has 52 heavy (non-hydrogen) atoms. The van der Waals surface area contributed by atoms with Crippen molar-refractivity contribution in [1.29, 1.82) is 0 Å². The molecule has 12 rings (SSSR count). The third-order valence-corrected chi connectivity index (χ3v) is 15.7. The Kier molecular flexibility index (Phi) is 4.38. The van der Waals surface area contributed by atoms with E-state index < -0.39 is 50.2 Å². The Morgan fingerprint density at radius 2 is 0.923 bits per heavy atom. The van der Waals surface area contributed by atoms with Crippen LogP contribution in [-0.2, 0) is 0 Å². The van der Waals surface area contributed by atoms with Crippen LogP contribution in [-0.4, -0.2) is 12.6 Å². The molecule has 0 fully saturated rings. The van der Waals surface area contributed by atoms with Gasteiger partial charge in [-0.1, -0.05) is 182 Å². The normalized spacial score (nSPS) is 18.9. The first kappa shape index (κ1) is 20.0. The highest BCUT2D eigenvalue weighted by Gasteiger charge is 2.49. The second kappa shape index (κ2) is 11.4. The van der Waals surface area contributed by atoms with Crippen molar-refractivity contribution in [2.75, 3.05) is 0 Å². The van der Waals surface area contributed by atoms with Crippen molar-refractivity contribution in [3.05, 3.63) is 233 Å². The molecule has 0 aliphatic heterocycles. The zero-order valence-corrected chi connectivity index (χ0v) is 28.7. The first-order valence-electron chi connectivity index (χ1n) is 23.4. The molecule has 0 amide bonds. The topological polar surface area (TPSA) is 4.93 Å². The van der Waals surface area contributed by atoms with Gasteiger partial charge in [0, 0.05) is 22.6 Å². The van der Waals surface area contributed by atoms with Crippen LogP contribution in [0.3, 0.4) is 0 Å². The molecule has 244 valence electrons. The highest BCUT2D eigenvalue weighted by molar-refractivity contribution is 7.20. The van der Waals surface area contributed by atoms with Gasteiger partial charge in [-0.25, -0.2) is 0 Å². The monoisotopic (exact) mass is 689 g/mol. The zero-order valence-electron chi connectivity index (χ0n) is 39.7. The van der Waals surface area contributed by atoms with Crippen LogP contribution in [0.4, 0.5) is 0 Å².